The smallest absolute Gasteiger partial charge is 0.125 e. The van der Waals surface area contributed by atoms with Crippen LogP contribution in [0.4, 0.5) is 5.82 Å². The lowest BCUT2D eigenvalue weighted by Crippen LogP contribution is -2.49. The second-order valence-corrected chi connectivity index (χ2v) is 5.40. The van der Waals surface area contributed by atoms with Crippen molar-refractivity contribution in [2.75, 3.05) is 25.4 Å². The average molecular weight is 234 g/mol. The first kappa shape index (κ1) is 9.91. The minimum atomic E-state index is 0.487. The lowest BCUT2D eigenvalue weighted by molar-refractivity contribution is 0.0885. The van der Waals surface area contributed by atoms with Gasteiger partial charge in [0.1, 0.15) is 5.82 Å². The first-order valence-electron chi connectivity index (χ1n) is 6.50. The molecule has 0 radical (unpaired) electrons. The van der Waals surface area contributed by atoms with E-state index in [0.717, 1.165) is 43.7 Å². The molecule has 0 aromatic carbocycles. The van der Waals surface area contributed by atoms with Gasteiger partial charge in [0.25, 0.3) is 0 Å². The van der Waals surface area contributed by atoms with Crippen molar-refractivity contribution in [3.05, 3.63) is 11.3 Å². The van der Waals surface area contributed by atoms with E-state index in [1.807, 2.05) is 4.68 Å². The minimum absolute atomic E-state index is 0.487. The zero-order chi connectivity index (χ0) is 11.4. The monoisotopic (exact) mass is 234 g/mol. The molecule has 0 unspecified atom stereocenters. The predicted octanol–water partition coefficient (Wildman–Crippen LogP) is 0.557. The Morgan fingerprint density at radius 2 is 2.06 bits per heavy atom. The van der Waals surface area contributed by atoms with Crippen LogP contribution in [0.25, 0.3) is 0 Å². The van der Waals surface area contributed by atoms with Gasteiger partial charge in [-0.2, -0.15) is 5.10 Å². The molecule has 2 fully saturated rings. The van der Waals surface area contributed by atoms with Gasteiger partial charge in [0, 0.05) is 31.1 Å². The molecule has 17 heavy (non-hydrogen) atoms. The summed E-state index contributed by atoms with van der Waals surface area (Å²) >= 11 is 0. The van der Waals surface area contributed by atoms with E-state index in [-0.39, 0.29) is 0 Å². The van der Waals surface area contributed by atoms with Crippen LogP contribution in [-0.4, -0.2) is 40.4 Å². The number of anilines is 1. The maximum Gasteiger partial charge on any atom is 0.125 e. The molecule has 1 aromatic rings. The van der Waals surface area contributed by atoms with Crippen LogP contribution < -0.4 is 5.73 Å². The van der Waals surface area contributed by atoms with E-state index in [1.54, 1.807) is 0 Å². The van der Waals surface area contributed by atoms with E-state index in [0.29, 0.717) is 12.6 Å². The van der Waals surface area contributed by atoms with E-state index in [9.17, 15) is 0 Å². The Hall–Kier alpha value is -1.07. The Morgan fingerprint density at radius 1 is 1.24 bits per heavy atom. The second kappa shape index (κ2) is 3.46. The van der Waals surface area contributed by atoms with E-state index in [2.05, 4.69) is 10.00 Å². The zero-order valence-electron chi connectivity index (χ0n) is 9.93. The van der Waals surface area contributed by atoms with Crippen molar-refractivity contribution < 1.29 is 4.74 Å². The van der Waals surface area contributed by atoms with Gasteiger partial charge in [-0.05, 0) is 12.8 Å². The minimum Gasteiger partial charge on any atom is -0.384 e. The van der Waals surface area contributed by atoms with Gasteiger partial charge in [-0.1, -0.05) is 0 Å². The molecular formula is C12H18N4O. The van der Waals surface area contributed by atoms with Crippen LogP contribution in [0.1, 0.15) is 30.1 Å². The highest BCUT2D eigenvalue weighted by atomic mass is 16.5. The van der Waals surface area contributed by atoms with Crippen molar-refractivity contribution in [3.63, 3.8) is 0 Å². The molecule has 0 bridgehead atoms. The number of nitrogens with zero attached hydrogens (tertiary/aromatic N) is 3. The summed E-state index contributed by atoms with van der Waals surface area (Å²) in [5.74, 6) is 0.878. The van der Waals surface area contributed by atoms with Crippen molar-refractivity contribution in [1.82, 2.24) is 14.7 Å². The van der Waals surface area contributed by atoms with E-state index < -0.39 is 0 Å². The highest BCUT2D eigenvalue weighted by Gasteiger charge is 2.40. The lowest BCUT2D eigenvalue weighted by atomic mass is 10.1. The van der Waals surface area contributed by atoms with Crippen molar-refractivity contribution in [2.24, 2.45) is 0 Å². The maximum atomic E-state index is 6.20. The standard InChI is InChI=1S/C12H18N4O/c13-12-10-3-4-17-7-11(10)14-16(12)9-5-15(6-9)8-1-2-8/h8-9H,1-7,13H2. The molecule has 1 aliphatic carbocycles. The number of fused-ring (bicyclic) bond motifs is 1. The Labute approximate surface area is 101 Å². The van der Waals surface area contributed by atoms with Gasteiger partial charge in [0.05, 0.1) is 24.9 Å². The van der Waals surface area contributed by atoms with E-state index >= 15 is 0 Å². The van der Waals surface area contributed by atoms with Gasteiger partial charge in [-0.25, -0.2) is 4.68 Å². The van der Waals surface area contributed by atoms with Crippen molar-refractivity contribution in [1.29, 1.82) is 0 Å². The molecular weight excluding hydrogens is 216 g/mol. The molecule has 1 saturated heterocycles. The molecule has 0 atom stereocenters. The molecule has 3 aliphatic rings. The van der Waals surface area contributed by atoms with Gasteiger partial charge in [0.15, 0.2) is 0 Å². The fourth-order valence-electron chi connectivity index (χ4n) is 2.92. The molecule has 1 aromatic heterocycles. The van der Waals surface area contributed by atoms with Gasteiger partial charge in [-0.3, -0.25) is 4.90 Å². The number of rotatable bonds is 2. The Morgan fingerprint density at radius 3 is 2.76 bits per heavy atom. The predicted molar refractivity (Wildman–Crippen MR) is 63.6 cm³/mol. The number of likely N-dealkylation sites (tertiary alicyclic amines) is 1. The highest BCUT2D eigenvalue weighted by Crippen LogP contribution is 2.36. The molecule has 92 valence electrons. The first-order chi connectivity index (χ1) is 8.33. The highest BCUT2D eigenvalue weighted by molar-refractivity contribution is 5.45. The summed E-state index contributed by atoms with van der Waals surface area (Å²) in [5.41, 5.74) is 8.48. The number of aromatic nitrogens is 2. The van der Waals surface area contributed by atoms with Gasteiger partial charge in [0.2, 0.25) is 0 Å². The van der Waals surface area contributed by atoms with E-state index in [1.165, 1.54) is 18.4 Å². The Balaban J connectivity index is 1.55. The average Bonchev–Trinajstić information content (AvgIpc) is 3.05. The fraction of sp³-hybridized carbons (Fsp3) is 0.750. The number of hydrogen-bond donors (Lipinski definition) is 1. The molecule has 4 rings (SSSR count). The molecule has 1 saturated carbocycles. The molecule has 0 spiro atoms. The van der Waals surface area contributed by atoms with Crippen LogP contribution in [-0.2, 0) is 17.8 Å². The van der Waals surface area contributed by atoms with Crippen LogP contribution in [0.3, 0.4) is 0 Å². The summed E-state index contributed by atoms with van der Waals surface area (Å²) in [6.45, 7) is 3.65. The lowest BCUT2D eigenvalue weighted by Gasteiger charge is -2.39. The first-order valence-corrected chi connectivity index (χ1v) is 6.50. The summed E-state index contributed by atoms with van der Waals surface area (Å²) in [5, 5.41) is 4.63. The molecule has 2 N–H and O–H groups in total. The maximum absolute atomic E-state index is 6.20. The van der Waals surface area contributed by atoms with E-state index in [4.69, 9.17) is 10.5 Å². The normalized spacial score (nSPS) is 25.6. The summed E-state index contributed by atoms with van der Waals surface area (Å²) in [6, 6.07) is 1.35. The van der Waals surface area contributed by atoms with Crippen molar-refractivity contribution >= 4 is 5.82 Å². The zero-order valence-corrected chi connectivity index (χ0v) is 9.93. The summed E-state index contributed by atoms with van der Waals surface area (Å²) in [4.78, 5) is 2.54. The number of nitrogen functional groups attached to an aromatic ring is 1. The SMILES string of the molecule is Nc1c2c(nn1C1CN(C3CC3)C1)COCC2. The van der Waals surface area contributed by atoms with Gasteiger partial charge >= 0.3 is 0 Å². The third kappa shape index (κ3) is 1.49. The molecule has 5 heteroatoms. The summed E-state index contributed by atoms with van der Waals surface area (Å²) < 4.78 is 7.46. The third-order valence-corrected chi connectivity index (χ3v) is 4.17. The molecule has 2 aliphatic heterocycles. The van der Waals surface area contributed by atoms with Gasteiger partial charge in [-0.15, -0.1) is 0 Å². The quantitative estimate of drug-likeness (QED) is 0.812. The van der Waals surface area contributed by atoms with Gasteiger partial charge < -0.3 is 10.5 Å². The van der Waals surface area contributed by atoms with Crippen molar-refractivity contribution in [2.45, 2.75) is 38.0 Å². The number of ether oxygens (including phenoxy) is 1. The third-order valence-electron chi connectivity index (χ3n) is 4.17. The van der Waals surface area contributed by atoms with Crippen LogP contribution in [0, 0.1) is 0 Å². The largest absolute Gasteiger partial charge is 0.384 e. The number of nitrogens with two attached hydrogens (primary N) is 1. The van der Waals surface area contributed by atoms with Crippen LogP contribution in [0.5, 0.6) is 0 Å². The van der Waals surface area contributed by atoms with Crippen LogP contribution in [0.2, 0.25) is 0 Å². The molecule has 0 amide bonds. The Kier molecular flexibility index (Phi) is 2.02. The topological polar surface area (TPSA) is 56.3 Å². The Bertz CT molecular complexity index is 446. The number of hydrogen-bond acceptors (Lipinski definition) is 4. The van der Waals surface area contributed by atoms with Crippen LogP contribution >= 0.6 is 0 Å². The second-order valence-electron chi connectivity index (χ2n) is 5.40. The summed E-state index contributed by atoms with van der Waals surface area (Å²) in [7, 11) is 0. The fourth-order valence-corrected chi connectivity index (χ4v) is 2.92. The molecule has 5 nitrogen and oxygen atoms in total. The van der Waals surface area contributed by atoms with Crippen molar-refractivity contribution in [3.8, 4) is 0 Å². The van der Waals surface area contributed by atoms with Crippen LogP contribution in [0.15, 0.2) is 0 Å². The molecule has 3 heterocycles. The summed E-state index contributed by atoms with van der Waals surface area (Å²) in [6.07, 6.45) is 3.68.